The van der Waals surface area contributed by atoms with Crippen molar-refractivity contribution in [2.45, 2.75) is 13.8 Å². The van der Waals surface area contributed by atoms with E-state index >= 15 is 0 Å². The Morgan fingerprint density at radius 3 is 2.33 bits per heavy atom. The quantitative estimate of drug-likeness (QED) is 0.686. The number of thiazole rings is 1. The number of nitrogens with zero attached hydrogens (tertiary/aromatic N) is 1. The minimum atomic E-state index is -0.193. The minimum absolute atomic E-state index is 0.174. The maximum Gasteiger partial charge on any atom is 0.221 e. The summed E-state index contributed by atoms with van der Waals surface area (Å²) in [4.78, 5) is 27.6. The minimum Gasteiger partial charge on any atom is -0.497 e. The summed E-state index contributed by atoms with van der Waals surface area (Å²) < 4.78 is 5.18. The van der Waals surface area contributed by atoms with Crippen molar-refractivity contribution in [2.75, 3.05) is 17.7 Å². The Bertz CT molecular complexity index is 980. The van der Waals surface area contributed by atoms with Crippen molar-refractivity contribution in [2.24, 2.45) is 0 Å². The van der Waals surface area contributed by atoms with Gasteiger partial charge in [-0.25, -0.2) is 4.98 Å². The van der Waals surface area contributed by atoms with Gasteiger partial charge in [0.25, 0.3) is 0 Å². The molecule has 1 aromatic heterocycles. The number of rotatable bonds is 5. The molecule has 0 aliphatic carbocycles. The standard InChI is InChI=1S/C20H19N3O3S/c1-12(24)21-15-6-9-17(18(10-15)22-13(2)25)19-11-27-20(23-19)14-4-7-16(26-3)8-5-14/h4-11H,1-3H3,(H,21,24)(H,22,25). The third-order valence-electron chi connectivity index (χ3n) is 3.77. The average molecular weight is 381 g/mol. The fraction of sp³-hybridized carbons (Fsp3) is 0.150. The lowest BCUT2D eigenvalue weighted by molar-refractivity contribution is -0.115. The largest absolute Gasteiger partial charge is 0.497 e. The molecule has 2 amide bonds. The van der Waals surface area contributed by atoms with Crippen LogP contribution in [0.5, 0.6) is 5.75 Å². The molecule has 1 heterocycles. The molecule has 0 bridgehead atoms. The highest BCUT2D eigenvalue weighted by Crippen LogP contribution is 2.34. The van der Waals surface area contributed by atoms with Crippen LogP contribution < -0.4 is 15.4 Å². The molecule has 0 aliphatic heterocycles. The molecule has 138 valence electrons. The fourth-order valence-corrected chi connectivity index (χ4v) is 3.43. The zero-order valence-corrected chi connectivity index (χ0v) is 16.0. The second-order valence-electron chi connectivity index (χ2n) is 5.89. The smallest absolute Gasteiger partial charge is 0.221 e. The summed E-state index contributed by atoms with van der Waals surface area (Å²) in [6.07, 6.45) is 0. The molecule has 2 N–H and O–H groups in total. The molecular formula is C20H19N3O3S. The molecule has 2 aromatic carbocycles. The highest BCUT2D eigenvalue weighted by Gasteiger charge is 2.13. The van der Waals surface area contributed by atoms with E-state index in [1.807, 2.05) is 35.7 Å². The van der Waals surface area contributed by atoms with Crippen LogP contribution in [0.3, 0.4) is 0 Å². The van der Waals surface area contributed by atoms with Crippen molar-refractivity contribution in [1.82, 2.24) is 4.98 Å². The summed E-state index contributed by atoms with van der Waals surface area (Å²) in [5, 5.41) is 8.34. The van der Waals surface area contributed by atoms with E-state index in [9.17, 15) is 9.59 Å². The molecule has 0 atom stereocenters. The van der Waals surface area contributed by atoms with Gasteiger partial charge in [-0.3, -0.25) is 9.59 Å². The van der Waals surface area contributed by atoms with E-state index in [4.69, 9.17) is 9.72 Å². The molecule has 0 saturated heterocycles. The first kappa shape index (κ1) is 18.6. The van der Waals surface area contributed by atoms with E-state index in [1.165, 1.54) is 25.2 Å². The molecular weight excluding hydrogens is 362 g/mol. The number of benzene rings is 2. The van der Waals surface area contributed by atoms with Crippen molar-refractivity contribution >= 4 is 34.5 Å². The van der Waals surface area contributed by atoms with Crippen LogP contribution in [0.4, 0.5) is 11.4 Å². The van der Waals surface area contributed by atoms with Gasteiger partial charge in [-0.2, -0.15) is 0 Å². The van der Waals surface area contributed by atoms with Gasteiger partial charge >= 0.3 is 0 Å². The molecule has 27 heavy (non-hydrogen) atoms. The molecule has 0 unspecified atom stereocenters. The van der Waals surface area contributed by atoms with Crippen LogP contribution in [0.2, 0.25) is 0 Å². The normalized spacial score (nSPS) is 10.3. The van der Waals surface area contributed by atoms with Gasteiger partial charge in [0.1, 0.15) is 10.8 Å². The monoisotopic (exact) mass is 381 g/mol. The predicted molar refractivity (Wildman–Crippen MR) is 108 cm³/mol. The summed E-state index contributed by atoms with van der Waals surface area (Å²) in [7, 11) is 1.63. The maximum atomic E-state index is 11.6. The number of hydrogen-bond acceptors (Lipinski definition) is 5. The summed E-state index contributed by atoms with van der Waals surface area (Å²) in [6, 6.07) is 13.0. The van der Waals surface area contributed by atoms with E-state index in [0.29, 0.717) is 11.4 Å². The molecule has 0 saturated carbocycles. The van der Waals surface area contributed by atoms with Crippen LogP contribution in [0.15, 0.2) is 47.8 Å². The second-order valence-corrected chi connectivity index (χ2v) is 6.75. The zero-order chi connectivity index (χ0) is 19.4. The molecule has 0 radical (unpaired) electrons. The summed E-state index contributed by atoms with van der Waals surface area (Å²) >= 11 is 1.52. The number of aromatic nitrogens is 1. The first-order valence-electron chi connectivity index (χ1n) is 8.26. The zero-order valence-electron chi connectivity index (χ0n) is 15.2. The van der Waals surface area contributed by atoms with Gasteiger partial charge < -0.3 is 15.4 Å². The van der Waals surface area contributed by atoms with Gasteiger partial charge in [0, 0.05) is 36.0 Å². The third-order valence-corrected chi connectivity index (χ3v) is 4.66. The Labute approximate surface area is 161 Å². The fourth-order valence-electron chi connectivity index (χ4n) is 2.61. The van der Waals surface area contributed by atoms with E-state index in [-0.39, 0.29) is 11.8 Å². The van der Waals surface area contributed by atoms with E-state index in [2.05, 4.69) is 10.6 Å². The highest BCUT2D eigenvalue weighted by molar-refractivity contribution is 7.13. The number of carbonyl (C=O) groups excluding carboxylic acids is 2. The lowest BCUT2D eigenvalue weighted by atomic mass is 10.1. The lowest BCUT2D eigenvalue weighted by Crippen LogP contribution is -2.09. The third kappa shape index (κ3) is 4.51. The Kier molecular flexibility index (Phi) is 5.52. The number of hydrogen-bond donors (Lipinski definition) is 2. The summed E-state index contributed by atoms with van der Waals surface area (Å²) in [5.74, 6) is 0.422. The van der Waals surface area contributed by atoms with Gasteiger partial charge in [0.2, 0.25) is 11.8 Å². The molecule has 0 aliphatic rings. The van der Waals surface area contributed by atoms with E-state index in [1.54, 1.807) is 19.2 Å². The van der Waals surface area contributed by atoms with E-state index < -0.39 is 0 Å². The second kappa shape index (κ2) is 8.01. The molecule has 3 aromatic rings. The van der Waals surface area contributed by atoms with E-state index in [0.717, 1.165) is 27.6 Å². The number of methoxy groups -OCH3 is 1. The molecule has 0 fully saturated rings. The summed E-state index contributed by atoms with van der Waals surface area (Å²) in [5.41, 5.74) is 3.74. The first-order valence-corrected chi connectivity index (χ1v) is 9.14. The first-order chi connectivity index (χ1) is 13.0. The summed E-state index contributed by atoms with van der Waals surface area (Å²) in [6.45, 7) is 2.88. The molecule has 3 rings (SSSR count). The number of ether oxygens (including phenoxy) is 1. The number of amides is 2. The molecule has 0 spiro atoms. The van der Waals surface area contributed by atoms with Gasteiger partial charge in [0.05, 0.1) is 18.5 Å². The average Bonchev–Trinajstić information content (AvgIpc) is 3.11. The van der Waals surface area contributed by atoms with Gasteiger partial charge in [-0.05, 0) is 42.5 Å². The Hall–Kier alpha value is -3.19. The number of nitrogens with one attached hydrogen (secondary N) is 2. The van der Waals surface area contributed by atoms with Crippen LogP contribution >= 0.6 is 11.3 Å². The van der Waals surface area contributed by atoms with Crippen LogP contribution in [0.1, 0.15) is 13.8 Å². The van der Waals surface area contributed by atoms with Crippen molar-refractivity contribution in [3.8, 4) is 27.6 Å². The van der Waals surface area contributed by atoms with Crippen molar-refractivity contribution in [3.63, 3.8) is 0 Å². The SMILES string of the molecule is COc1ccc(-c2nc(-c3ccc(NC(C)=O)cc3NC(C)=O)cs2)cc1. The molecule has 6 nitrogen and oxygen atoms in total. The molecule has 7 heteroatoms. The van der Waals surface area contributed by atoms with Crippen molar-refractivity contribution < 1.29 is 14.3 Å². The van der Waals surface area contributed by atoms with Gasteiger partial charge in [-0.1, -0.05) is 0 Å². The highest BCUT2D eigenvalue weighted by atomic mass is 32.1. The maximum absolute atomic E-state index is 11.6. The lowest BCUT2D eigenvalue weighted by Gasteiger charge is -2.11. The number of carbonyl (C=O) groups is 2. The van der Waals surface area contributed by atoms with Crippen LogP contribution in [-0.2, 0) is 9.59 Å². The van der Waals surface area contributed by atoms with Crippen molar-refractivity contribution in [3.05, 3.63) is 47.8 Å². The predicted octanol–water partition coefficient (Wildman–Crippen LogP) is 4.40. The van der Waals surface area contributed by atoms with Crippen LogP contribution in [0.25, 0.3) is 21.8 Å². The Morgan fingerprint density at radius 1 is 1.00 bits per heavy atom. The Morgan fingerprint density at radius 2 is 1.70 bits per heavy atom. The Balaban J connectivity index is 1.96. The van der Waals surface area contributed by atoms with Crippen LogP contribution in [0, 0.1) is 0 Å². The number of anilines is 2. The van der Waals surface area contributed by atoms with Gasteiger partial charge in [0.15, 0.2) is 0 Å². The van der Waals surface area contributed by atoms with Crippen molar-refractivity contribution in [1.29, 1.82) is 0 Å². The van der Waals surface area contributed by atoms with Crippen LogP contribution in [-0.4, -0.2) is 23.9 Å². The topological polar surface area (TPSA) is 80.3 Å². The van der Waals surface area contributed by atoms with Gasteiger partial charge in [-0.15, -0.1) is 11.3 Å².